The Hall–Kier alpha value is -1.35. The van der Waals surface area contributed by atoms with Crippen LogP contribution in [0.2, 0.25) is 0 Å². The van der Waals surface area contributed by atoms with E-state index in [0.29, 0.717) is 13.0 Å². The molecule has 2 rings (SSSR count). The number of nitrogens with zero attached hydrogens (tertiary/aromatic N) is 1. The minimum atomic E-state index is 0.278. The van der Waals surface area contributed by atoms with Gasteiger partial charge in [-0.15, -0.1) is 0 Å². The van der Waals surface area contributed by atoms with Crippen LogP contribution in [0.3, 0.4) is 0 Å². The molecule has 0 spiro atoms. The van der Waals surface area contributed by atoms with Gasteiger partial charge in [-0.2, -0.15) is 0 Å². The summed E-state index contributed by atoms with van der Waals surface area (Å²) in [5.41, 5.74) is 8.30. The van der Waals surface area contributed by atoms with Crippen molar-refractivity contribution in [2.45, 2.75) is 45.1 Å². The number of hydrogen-bond donors (Lipinski definition) is 1. The van der Waals surface area contributed by atoms with E-state index in [2.05, 4.69) is 31.2 Å². The number of carbonyl (C=O) groups is 1. The molecule has 1 unspecified atom stereocenters. The van der Waals surface area contributed by atoms with E-state index in [1.54, 1.807) is 0 Å². The molecule has 0 radical (unpaired) electrons. The molecule has 1 atom stereocenters. The number of benzene rings is 1. The highest BCUT2D eigenvalue weighted by Gasteiger charge is 2.26. The third-order valence-electron chi connectivity index (χ3n) is 3.95. The van der Waals surface area contributed by atoms with Gasteiger partial charge in [0.1, 0.15) is 0 Å². The fraction of sp³-hybridized carbons (Fsp3) is 0.562. The Morgan fingerprint density at radius 2 is 2.11 bits per heavy atom. The average molecular weight is 260 g/mol. The van der Waals surface area contributed by atoms with Crippen molar-refractivity contribution in [3.63, 3.8) is 0 Å². The topological polar surface area (TPSA) is 46.3 Å². The molecule has 104 valence electrons. The number of aryl methyl sites for hydroxylation is 2. The molecule has 1 fully saturated rings. The second-order valence-electron chi connectivity index (χ2n) is 5.46. The van der Waals surface area contributed by atoms with Crippen molar-refractivity contribution >= 4 is 5.91 Å². The van der Waals surface area contributed by atoms with Gasteiger partial charge in [-0.1, -0.05) is 29.8 Å². The van der Waals surface area contributed by atoms with E-state index in [0.717, 1.165) is 32.2 Å². The lowest BCUT2D eigenvalue weighted by Crippen LogP contribution is -2.39. The van der Waals surface area contributed by atoms with E-state index >= 15 is 0 Å². The summed E-state index contributed by atoms with van der Waals surface area (Å²) < 4.78 is 0. The largest absolute Gasteiger partial charge is 0.338 e. The van der Waals surface area contributed by atoms with Gasteiger partial charge in [0.15, 0.2) is 0 Å². The molecule has 2 N–H and O–H groups in total. The summed E-state index contributed by atoms with van der Waals surface area (Å²) in [6.07, 6.45) is 4.72. The van der Waals surface area contributed by atoms with Gasteiger partial charge in [0, 0.05) is 25.6 Å². The van der Waals surface area contributed by atoms with Gasteiger partial charge < -0.3 is 10.6 Å². The molecule has 1 amide bonds. The maximum atomic E-state index is 12.1. The van der Waals surface area contributed by atoms with E-state index < -0.39 is 0 Å². The summed E-state index contributed by atoms with van der Waals surface area (Å²) in [4.78, 5) is 14.1. The van der Waals surface area contributed by atoms with E-state index in [9.17, 15) is 4.79 Å². The molecule has 1 aromatic rings. The van der Waals surface area contributed by atoms with Crippen molar-refractivity contribution in [3.05, 3.63) is 35.4 Å². The number of likely N-dealkylation sites (tertiary alicyclic amines) is 1. The molecule has 19 heavy (non-hydrogen) atoms. The van der Waals surface area contributed by atoms with Gasteiger partial charge in [-0.05, 0) is 38.2 Å². The second-order valence-corrected chi connectivity index (χ2v) is 5.46. The summed E-state index contributed by atoms with van der Waals surface area (Å²) in [6, 6.07) is 8.84. The third kappa shape index (κ3) is 3.80. The van der Waals surface area contributed by atoms with Crippen molar-refractivity contribution in [3.8, 4) is 0 Å². The van der Waals surface area contributed by atoms with Crippen LogP contribution in [0.1, 0.15) is 36.8 Å². The molecule has 0 aromatic heterocycles. The minimum absolute atomic E-state index is 0.278. The van der Waals surface area contributed by atoms with Crippen molar-refractivity contribution in [1.29, 1.82) is 0 Å². The molecule has 0 bridgehead atoms. The van der Waals surface area contributed by atoms with Gasteiger partial charge in [0.05, 0.1) is 0 Å². The van der Waals surface area contributed by atoms with Crippen LogP contribution in [-0.2, 0) is 11.2 Å². The smallest absolute Gasteiger partial charge is 0.222 e. The summed E-state index contributed by atoms with van der Waals surface area (Å²) in [5, 5.41) is 0. The number of nitrogens with two attached hydrogens (primary N) is 1. The standard InChI is InChI=1S/C16H24N2O/c1-13-7-9-14(10-8-13)4-2-6-16(19)18-11-3-5-15(18)12-17/h7-10,15H,2-6,11-12,17H2,1H3. The predicted molar refractivity (Wildman–Crippen MR) is 77.9 cm³/mol. The van der Waals surface area contributed by atoms with Gasteiger partial charge >= 0.3 is 0 Å². The Kier molecular flexibility index (Phi) is 4.97. The van der Waals surface area contributed by atoms with Gasteiger partial charge in [-0.3, -0.25) is 4.79 Å². The van der Waals surface area contributed by atoms with Gasteiger partial charge in [0.2, 0.25) is 5.91 Å². The quantitative estimate of drug-likeness (QED) is 0.882. The molecule has 0 aliphatic carbocycles. The summed E-state index contributed by atoms with van der Waals surface area (Å²) in [6.45, 7) is 3.59. The summed E-state index contributed by atoms with van der Waals surface area (Å²) in [7, 11) is 0. The molecule has 0 saturated carbocycles. The number of hydrogen-bond acceptors (Lipinski definition) is 2. The number of amides is 1. The number of rotatable bonds is 5. The van der Waals surface area contributed by atoms with Crippen molar-refractivity contribution in [2.75, 3.05) is 13.1 Å². The van der Waals surface area contributed by atoms with Gasteiger partial charge in [0.25, 0.3) is 0 Å². The first-order valence-electron chi connectivity index (χ1n) is 7.26. The SMILES string of the molecule is Cc1ccc(CCCC(=O)N2CCCC2CN)cc1. The summed E-state index contributed by atoms with van der Waals surface area (Å²) in [5.74, 6) is 0.278. The van der Waals surface area contributed by atoms with Crippen molar-refractivity contribution in [2.24, 2.45) is 5.73 Å². The molecule has 1 heterocycles. The molecule has 1 saturated heterocycles. The van der Waals surface area contributed by atoms with Crippen molar-refractivity contribution in [1.82, 2.24) is 4.90 Å². The highest BCUT2D eigenvalue weighted by molar-refractivity contribution is 5.76. The Bertz CT molecular complexity index is 413. The molecule has 3 heteroatoms. The monoisotopic (exact) mass is 260 g/mol. The zero-order valence-electron chi connectivity index (χ0n) is 11.8. The fourth-order valence-corrected chi connectivity index (χ4v) is 2.75. The minimum Gasteiger partial charge on any atom is -0.338 e. The molecule has 1 aliphatic rings. The molecule has 1 aliphatic heterocycles. The first kappa shape index (κ1) is 14.1. The van der Waals surface area contributed by atoms with Crippen molar-refractivity contribution < 1.29 is 4.79 Å². The van der Waals surface area contributed by atoms with E-state index in [1.807, 2.05) is 4.90 Å². The van der Waals surface area contributed by atoms with E-state index in [-0.39, 0.29) is 11.9 Å². The molecule has 3 nitrogen and oxygen atoms in total. The Morgan fingerprint density at radius 1 is 1.37 bits per heavy atom. The highest BCUT2D eigenvalue weighted by atomic mass is 16.2. The van der Waals surface area contributed by atoms with Crippen LogP contribution in [0.5, 0.6) is 0 Å². The highest BCUT2D eigenvalue weighted by Crippen LogP contribution is 2.18. The Balaban J connectivity index is 1.76. The van der Waals surface area contributed by atoms with Crippen LogP contribution in [0.4, 0.5) is 0 Å². The second kappa shape index (κ2) is 6.71. The first-order valence-corrected chi connectivity index (χ1v) is 7.26. The normalized spacial score (nSPS) is 18.8. The lowest BCUT2D eigenvalue weighted by molar-refractivity contribution is -0.131. The van der Waals surface area contributed by atoms with Crippen LogP contribution in [-0.4, -0.2) is 29.9 Å². The van der Waals surface area contributed by atoms with E-state index in [4.69, 9.17) is 5.73 Å². The van der Waals surface area contributed by atoms with Crippen LogP contribution in [0, 0.1) is 6.92 Å². The molecular weight excluding hydrogens is 236 g/mol. The van der Waals surface area contributed by atoms with Crippen LogP contribution < -0.4 is 5.73 Å². The third-order valence-corrected chi connectivity index (χ3v) is 3.95. The van der Waals surface area contributed by atoms with Crippen LogP contribution in [0.25, 0.3) is 0 Å². The fourth-order valence-electron chi connectivity index (χ4n) is 2.75. The van der Waals surface area contributed by atoms with E-state index in [1.165, 1.54) is 11.1 Å². The first-order chi connectivity index (χ1) is 9.20. The van der Waals surface area contributed by atoms with Crippen LogP contribution in [0.15, 0.2) is 24.3 Å². The zero-order chi connectivity index (χ0) is 13.7. The predicted octanol–water partition coefficient (Wildman–Crippen LogP) is 2.27. The Labute approximate surface area is 115 Å². The maximum absolute atomic E-state index is 12.1. The molecule has 1 aromatic carbocycles. The Morgan fingerprint density at radius 3 is 2.79 bits per heavy atom. The average Bonchev–Trinajstić information content (AvgIpc) is 2.89. The number of carbonyl (C=O) groups excluding carboxylic acids is 1. The lowest BCUT2D eigenvalue weighted by Gasteiger charge is -2.23. The molecular formula is C16H24N2O. The van der Waals surface area contributed by atoms with Crippen LogP contribution >= 0.6 is 0 Å². The van der Waals surface area contributed by atoms with Gasteiger partial charge in [-0.25, -0.2) is 0 Å². The maximum Gasteiger partial charge on any atom is 0.222 e. The lowest BCUT2D eigenvalue weighted by atomic mass is 10.1. The summed E-state index contributed by atoms with van der Waals surface area (Å²) >= 11 is 0. The zero-order valence-corrected chi connectivity index (χ0v) is 11.8.